The van der Waals surface area contributed by atoms with Crippen LogP contribution in [0, 0.1) is 14.9 Å². The van der Waals surface area contributed by atoms with Crippen molar-refractivity contribution in [2.45, 2.75) is 18.9 Å². The van der Waals surface area contributed by atoms with E-state index in [2.05, 4.69) is 26.1 Å². The van der Waals surface area contributed by atoms with E-state index in [1.165, 1.54) is 12.1 Å². The van der Waals surface area contributed by atoms with Gasteiger partial charge in [0.2, 0.25) is 0 Å². The van der Waals surface area contributed by atoms with E-state index in [-0.39, 0.29) is 5.69 Å². The van der Waals surface area contributed by atoms with Gasteiger partial charge in [-0.25, -0.2) is 0 Å². The number of nitrogens with one attached hydrogen (secondary N) is 1. The third-order valence-electron chi connectivity index (χ3n) is 2.97. The minimum Gasteiger partial charge on any atom is -0.297 e. The Morgan fingerprint density at radius 1 is 1.47 bits per heavy atom. The second-order valence-corrected chi connectivity index (χ2v) is 5.71. The molecule has 0 radical (unpaired) electrons. The number of nitro benzene ring substituents is 1. The van der Waals surface area contributed by atoms with E-state index in [9.17, 15) is 10.1 Å². The highest BCUT2D eigenvalue weighted by molar-refractivity contribution is 9.10. The van der Waals surface area contributed by atoms with Crippen LogP contribution in [0.3, 0.4) is 0 Å². The van der Waals surface area contributed by atoms with Crippen molar-refractivity contribution in [3.63, 3.8) is 0 Å². The lowest BCUT2D eigenvalue weighted by atomic mass is 10.2. The van der Waals surface area contributed by atoms with E-state index >= 15 is 0 Å². The van der Waals surface area contributed by atoms with Crippen LogP contribution in [0.15, 0.2) is 22.7 Å². The molecule has 19 heavy (non-hydrogen) atoms. The molecule has 0 bridgehead atoms. The van der Waals surface area contributed by atoms with Crippen molar-refractivity contribution in [2.75, 3.05) is 0 Å². The van der Waals surface area contributed by atoms with Gasteiger partial charge in [-0.3, -0.25) is 19.8 Å². The topological polar surface area (TPSA) is 76.8 Å². The third kappa shape index (κ3) is 2.33. The van der Waals surface area contributed by atoms with E-state index in [1.54, 1.807) is 6.07 Å². The Morgan fingerprint density at radius 3 is 2.84 bits per heavy atom. The van der Waals surface area contributed by atoms with Crippen LogP contribution in [-0.4, -0.2) is 19.7 Å². The van der Waals surface area contributed by atoms with Gasteiger partial charge in [0, 0.05) is 28.2 Å². The van der Waals surface area contributed by atoms with Crippen molar-refractivity contribution in [1.29, 1.82) is 0 Å². The number of rotatable bonds is 3. The number of hydrogen-bond donors (Lipinski definition) is 1. The van der Waals surface area contributed by atoms with Gasteiger partial charge in [0.15, 0.2) is 10.6 Å². The zero-order valence-corrected chi connectivity index (χ0v) is 12.1. The van der Waals surface area contributed by atoms with E-state index in [0.717, 1.165) is 12.8 Å². The fraction of sp³-hybridized carbons (Fsp3) is 0.273. The maximum absolute atomic E-state index is 10.9. The first-order chi connectivity index (χ1) is 9.06. The quantitative estimate of drug-likeness (QED) is 0.526. The summed E-state index contributed by atoms with van der Waals surface area (Å²) in [4.78, 5) is 10.5. The monoisotopic (exact) mass is 340 g/mol. The maximum atomic E-state index is 10.9. The van der Waals surface area contributed by atoms with Gasteiger partial charge in [-0.15, -0.1) is 0 Å². The Kier molecular flexibility index (Phi) is 2.98. The van der Waals surface area contributed by atoms with Gasteiger partial charge in [0.25, 0.3) is 5.69 Å². The molecule has 1 aliphatic rings. The summed E-state index contributed by atoms with van der Waals surface area (Å²) in [6.07, 6.45) is 2.13. The second-order valence-electron chi connectivity index (χ2n) is 4.41. The molecule has 3 rings (SSSR count). The van der Waals surface area contributed by atoms with Crippen molar-refractivity contribution in [2.24, 2.45) is 0 Å². The molecular weight excluding hydrogens is 332 g/mol. The highest BCUT2D eigenvalue weighted by atomic mass is 79.9. The highest BCUT2D eigenvalue weighted by Crippen LogP contribution is 2.39. The van der Waals surface area contributed by atoms with Gasteiger partial charge in [0.05, 0.1) is 4.92 Å². The Hall–Kier alpha value is -1.54. The lowest BCUT2D eigenvalue weighted by Crippen LogP contribution is -1.98. The maximum Gasteiger partial charge on any atom is 0.271 e. The smallest absolute Gasteiger partial charge is 0.271 e. The molecule has 1 fully saturated rings. The first-order valence-corrected chi connectivity index (χ1v) is 6.88. The number of non-ortho nitro benzene ring substituents is 1. The van der Waals surface area contributed by atoms with Gasteiger partial charge >= 0.3 is 0 Å². The van der Waals surface area contributed by atoms with Crippen LogP contribution in [0.2, 0.25) is 0 Å². The number of H-pyrrole nitrogens is 1. The Morgan fingerprint density at radius 2 is 2.21 bits per heavy atom. The third-order valence-corrected chi connectivity index (χ3v) is 3.71. The van der Waals surface area contributed by atoms with Crippen molar-refractivity contribution in [1.82, 2.24) is 14.8 Å². The Bertz CT molecular complexity index is 720. The molecule has 0 amide bonds. The predicted molar refractivity (Wildman–Crippen MR) is 75.5 cm³/mol. The molecule has 0 saturated heterocycles. The standard InChI is InChI=1S/C11H9BrN4O2S/c12-7-3-6(4-9(5-7)16(17)18)10-13-14-11(19)15(10)8-1-2-8/h3-5,8H,1-2H2,(H,14,19). The van der Waals surface area contributed by atoms with Crippen molar-refractivity contribution in [3.8, 4) is 11.4 Å². The minimum absolute atomic E-state index is 0.0284. The molecule has 6 nitrogen and oxygen atoms in total. The largest absolute Gasteiger partial charge is 0.297 e. The number of aromatic nitrogens is 3. The SMILES string of the molecule is O=[N+]([O-])c1cc(Br)cc(-c2n[nH]c(=S)n2C2CC2)c1. The summed E-state index contributed by atoms with van der Waals surface area (Å²) in [7, 11) is 0. The molecule has 0 atom stereocenters. The first kappa shape index (κ1) is 12.5. The number of benzene rings is 1. The summed E-state index contributed by atoms with van der Waals surface area (Å²) in [6, 6.07) is 5.14. The van der Waals surface area contributed by atoms with Crippen LogP contribution in [0.25, 0.3) is 11.4 Å². The summed E-state index contributed by atoms with van der Waals surface area (Å²) in [5, 5.41) is 17.8. The van der Waals surface area contributed by atoms with Gasteiger partial charge in [-0.1, -0.05) is 15.9 Å². The fourth-order valence-corrected chi connectivity index (χ4v) is 2.75. The molecule has 0 unspecified atom stereocenters. The van der Waals surface area contributed by atoms with E-state index in [4.69, 9.17) is 12.2 Å². The summed E-state index contributed by atoms with van der Waals surface area (Å²) >= 11 is 8.49. The molecule has 1 saturated carbocycles. The molecule has 1 N–H and O–H groups in total. The summed E-state index contributed by atoms with van der Waals surface area (Å²) in [5.41, 5.74) is 0.709. The van der Waals surface area contributed by atoms with Gasteiger partial charge in [0.1, 0.15) is 0 Å². The molecule has 98 valence electrons. The summed E-state index contributed by atoms with van der Waals surface area (Å²) in [5.74, 6) is 0.650. The zero-order valence-electron chi connectivity index (χ0n) is 9.67. The zero-order chi connectivity index (χ0) is 13.6. The van der Waals surface area contributed by atoms with Crippen LogP contribution in [0.5, 0.6) is 0 Å². The molecule has 0 aliphatic heterocycles. The van der Waals surface area contributed by atoms with E-state index in [1.807, 2.05) is 4.57 Å². The van der Waals surface area contributed by atoms with Gasteiger partial charge in [-0.2, -0.15) is 5.10 Å². The van der Waals surface area contributed by atoms with Crippen molar-refractivity contribution in [3.05, 3.63) is 37.6 Å². The second kappa shape index (κ2) is 4.53. The molecule has 1 heterocycles. The molecule has 8 heteroatoms. The van der Waals surface area contributed by atoms with E-state index < -0.39 is 4.92 Å². The molecular formula is C11H9BrN4O2S. The Balaban J connectivity index is 2.16. The summed E-state index contributed by atoms with van der Waals surface area (Å²) < 4.78 is 3.13. The van der Waals surface area contributed by atoms with Gasteiger partial charge < -0.3 is 0 Å². The number of nitrogens with zero attached hydrogens (tertiary/aromatic N) is 3. The van der Waals surface area contributed by atoms with Gasteiger partial charge in [-0.05, 0) is 31.1 Å². The number of halogens is 1. The Labute approximate surface area is 121 Å². The molecule has 0 spiro atoms. The average Bonchev–Trinajstić information content (AvgIpc) is 3.11. The lowest BCUT2D eigenvalue weighted by Gasteiger charge is -2.05. The van der Waals surface area contributed by atoms with Crippen LogP contribution in [-0.2, 0) is 0 Å². The molecule has 1 aromatic carbocycles. The number of nitro groups is 1. The molecule has 1 aromatic heterocycles. The van der Waals surface area contributed by atoms with Crippen LogP contribution < -0.4 is 0 Å². The molecule has 1 aliphatic carbocycles. The van der Waals surface area contributed by atoms with E-state index in [0.29, 0.717) is 26.7 Å². The van der Waals surface area contributed by atoms with Crippen LogP contribution in [0.1, 0.15) is 18.9 Å². The van der Waals surface area contributed by atoms with Crippen LogP contribution in [0.4, 0.5) is 5.69 Å². The van der Waals surface area contributed by atoms with Crippen molar-refractivity contribution < 1.29 is 4.92 Å². The minimum atomic E-state index is -0.420. The average molecular weight is 341 g/mol. The lowest BCUT2D eigenvalue weighted by molar-refractivity contribution is -0.384. The number of aromatic amines is 1. The fourth-order valence-electron chi connectivity index (χ4n) is 1.99. The van der Waals surface area contributed by atoms with Crippen LogP contribution >= 0.6 is 28.1 Å². The predicted octanol–water partition coefficient (Wildman–Crippen LogP) is 3.61. The summed E-state index contributed by atoms with van der Waals surface area (Å²) in [6.45, 7) is 0. The first-order valence-electron chi connectivity index (χ1n) is 5.68. The van der Waals surface area contributed by atoms with Crippen molar-refractivity contribution >= 4 is 33.8 Å². The molecule has 2 aromatic rings. The number of hydrogen-bond acceptors (Lipinski definition) is 4. The highest BCUT2D eigenvalue weighted by Gasteiger charge is 2.28. The normalized spacial score (nSPS) is 14.6.